The van der Waals surface area contributed by atoms with Crippen LogP contribution in [0.25, 0.3) is 0 Å². The molecule has 0 saturated carbocycles. The second-order valence-electron chi connectivity index (χ2n) is 4.24. The molecule has 2 heterocycles. The Kier molecular flexibility index (Phi) is 3.21. The van der Waals surface area contributed by atoms with Gasteiger partial charge in [0.2, 0.25) is 0 Å². The topological polar surface area (TPSA) is 53.7 Å². The van der Waals surface area contributed by atoms with Crippen molar-refractivity contribution in [1.29, 1.82) is 0 Å². The summed E-state index contributed by atoms with van der Waals surface area (Å²) in [6.45, 7) is 1.94. The van der Waals surface area contributed by atoms with Gasteiger partial charge < -0.3 is 14.4 Å². The van der Waals surface area contributed by atoms with Crippen LogP contribution in [0.4, 0.5) is 0 Å². The molecule has 0 bridgehead atoms. The normalized spacial score (nSPS) is 21.5. The second kappa shape index (κ2) is 4.47. The van der Waals surface area contributed by atoms with E-state index in [9.17, 15) is 4.79 Å². The predicted octanol–water partition coefficient (Wildman–Crippen LogP) is 1.98. The van der Waals surface area contributed by atoms with E-state index in [0.717, 1.165) is 25.3 Å². The molecule has 1 aromatic rings. The van der Waals surface area contributed by atoms with Crippen LogP contribution >= 0.6 is 11.6 Å². The molecule has 1 aromatic heterocycles. The molecule has 1 fully saturated rings. The second-order valence-corrected chi connectivity index (χ2v) is 4.65. The molecule has 0 amide bonds. The van der Waals surface area contributed by atoms with Gasteiger partial charge in [-0.2, -0.15) is 0 Å². The van der Waals surface area contributed by atoms with Crippen LogP contribution in [0, 0.1) is 0 Å². The van der Waals surface area contributed by atoms with Crippen molar-refractivity contribution in [1.82, 2.24) is 4.90 Å². The quantitative estimate of drug-likeness (QED) is 0.882. The highest BCUT2D eigenvalue weighted by molar-refractivity contribution is 6.31. The highest BCUT2D eigenvalue weighted by atomic mass is 35.5. The molecule has 0 aromatic carbocycles. The standard InChI is InChI=1S/C11H14ClNO3/c1-13-3-2-7(6-13)11-9(12)4-8(16-11)5-10(14)15/h4,7H,2-3,5-6H2,1H3,(H,14,15). The number of likely N-dealkylation sites (tertiary alicyclic amines) is 1. The Morgan fingerprint density at radius 2 is 2.50 bits per heavy atom. The van der Waals surface area contributed by atoms with E-state index < -0.39 is 5.97 Å². The zero-order valence-electron chi connectivity index (χ0n) is 9.07. The van der Waals surface area contributed by atoms with E-state index in [1.54, 1.807) is 6.07 Å². The molecule has 1 unspecified atom stereocenters. The molecule has 0 radical (unpaired) electrons. The van der Waals surface area contributed by atoms with Gasteiger partial charge in [-0.25, -0.2) is 0 Å². The minimum atomic E-state index is -0.902. The summed E-state index contributed by atoms with van der Waals surface area (Å²) >= 11 is 6.05. The smallest absolute Gasteiger partial charge is 0.311 e. The maximum atomic E-state index is 10.6. The Labute approximate surface area is 98.8 Å². The van der Waals surface area contributed by atoms with Gasteiger partial charge in [-0.05, 0) is 26.1 Å². The average molecular weight is 244 g/mol. The number of rotatable bonds is 3. The fraction of sp³-hybridized carbons (Fsp3) is 0.545. The van der Waals surface area contributed by atoms with Gasteiger partial charge >= 0.3 is 5.97 Å². The number of aliphatic carboxylic acids is 1. The van der Waals surface area contributed by atoms with Gasteiger partial charge in [-0.15, -0.1) is 0 Å². The van der Waals surface area contributed by atoms with Crippen LogP contribution in [0.2, 0.25) is 5.02 Å². The Morgan fingerprint density at radius 1 is 1.75 bits per heavy atom. The van der Waals surface area contributed by atoms with Crippen molar-refractivity contribution in [2.45, 2.75) is 18.8 Å². The number of furan rings is 1. The van der Waals surface area contributed by atoms with Crippen LogP contribution in [-0.2, 0) is 11.2 Å². The zero-order chi connectivity index (χ0) is 11.7. The van der Waals surface area contributed by atoms with Crippen molar-refractivity contribution < 1.29 is 14.3 Å². The van der Waals surface area contributed by atoms with E-state index in [0.29, 0.717) is 16.7 Å². The van der Waals surface area contributed by atoms with E-state index in [1.807, 2.05) is 0 Å². The summed E-state index contributed by atoms with van der Waals surface area (Å²) in [5, 5.41) is 9.22. The number of carbonyl (C=O) groups is 1. The van der Waals surface area contributed by atoms with Crippen molar-refractivity contribution >= 4 is 17.6 Å². The Morgan fingerprint density at radius 3 is 3.06 bits per heavy atom. The number of hydrogen-bond acceptors (Lipinski definition) is 3. The van der Waals surface area contributed by atoms with Crippen LogP contribution in [0.3, 0.4) is 0 Å². The molecule has 0 spiro atoms. The Balaban J connectivity index is 2.15. The third kappa shape index (κ3) is 2.39. The SMILES string of the molecule is CN1CCC(c2oc(CC(=O)O)cc2Cl)C1. The highest BCUT2D eigenvalue weighted by Gasteiger charge is 2.26. The lowest BCUT2D eigenvalue weighted by Gasteiger charge is -2.07. The van der Waals surface area contributed by atoms with Crippen LogP contribution in [0.5, 0.6) is 0 Å². The van der Waals surface area contributed by atoms with Crippen molar-refractivity contribution in [3.8, 4) is 0 Å². The fourth-order valence-electron chi connectivity index (χ4n) is 2.10. The number of carboxylic acid groups (broad SMARTS) is 1. The third-order valence-electron chi connectivity index (χ3n) is 2.85. The van der Waals surface area contributed by atoms with E-state index in [-0.39, 0.29) is 6.42 Å². The highest BCUT2D eigenvalue weighted by Crippen LogP contribution is 2.33. The maximum absolute atomic E-state index is 10.6. The molecule has 16 heavy (non-hydrogen) atoms. The van der Waals surface area contributed by atoms with Gasteiger partial charge in [0.05, 0.1) is 5.02 Å². The summed E-state index contributed by atoms with van der Waals surface area (Å²) in [5.41, 5.74) is 0. The van der Waals surface area contributed by atoms with Crippen LogP contribution in [-0.4, -0.2) is 36.1 Å². The van der Waals surface area contributed by atoms with E-state index in [4.69, 9.17) is 21.1 Å². The van der Waals surface area contributed by atoms with E-state index >= 15 is 0 Å². The van der Waals surface area contributed by atoms with E-state index in [2.05, 4.69) is 11.9 Å². The number of nitrogens with zero attached hydrogens (tertiary/aromatic N) is 1. The Bertz CT molecular complexity index is 402. The molecule has 1 aliphatic rings. The number of likely N-dealkylation sites (N-methyl/N-ethyl adjacent to an activating group) is 1. The molecular weight excluding hydrogens is 230 g/mol. The maximum Gasteiger partial charge on any atom is 0.311 e. The van der Waals surface area contributed by atoms with Gasteiger partial charge in [0.15, 0.2) is 0 Å². The number of halogens is 1. The Hall–Kier alpha value is -1.00. The minimum absolute atomic E-state index is 0.109. The van der Waals surface area contributed by atoms with Crippen LogP contribution in [0.1, 0.15) is 23.9 Å². The number of hydrogen-bond donors (Lipinski definition) is 1. The molecule has 1 aliphatic heterocycles. The summed E-state index contributed by atoms with van der Waals surface area (Å²) in [7, 11) is 2.05. The molecule has 4 nitrogen and oxygen atoms in total. The minimum Gasteiger partial charge on any atom is -0.481 e. The van der Waals surface area contributed by atoms with Crippen molar-refractivity contribution in [2.75, 3.05) is 20.1 Å². The molecule has 5 heteroatoms. The first-order valence-corrected chi connectivity index (χ1v) is 5.62. The van der Waals surface area contributed by atoms with Crippen molar-refractivity contribution in [3.05, 3.63) is 22.6 Å². The largest absolute Gasteiger partial charge is 0.481 e. The first kappa shape index (κ1) is 11.5. The molecular formula is C11H14ClNO3. The third-order valence-corrected chi connectivity index (χ3v) is 3.15. The predicted molar refractivity (Wildman–Crippen MR) is 59.9 cm³/mol. The van der Waals surface area contributed by atoms with Gasteiger partial charge in [-0.1, -0.05) is 11.6 Å². The first-order chi connectivity index (χ1) is 7.56. The molecule has 1 N–H and O–H groups in total. The van der Waals surface area contributed by atoms with Gasteiger partial charge in [-0.3, -0.25) is 4.79 Å². The summed E-state index contributed by atoms with van der Waals surface area (Å²) < 4.78 is 5.52. The lowest BCUT2D eigenvalue weighted by Crippen LogP contribution is -2.13. The van der Waals surface area contributed by atoms with E-state index in [1.165, 1.54) is 0 Å². The summed E-state index contributed by atoms with van der Waals surface area (Å²) in [4.78, 5) is 12.8. The monoisotopic (exact) mass is 243 g/mol. The molecule has 1 atom stereocenters. The van der Waals surface area contributed by atoms with Gasteiger partial charge in [0.1, 0.15) is 17.9 Å². The summed E-state index contributed by atoms with van der Waals surface area (Å²) in [6.07, 6.45) is 0.901. The van der Waals surface area contributed by atoms with Crippen LogP contribution in [0.15, 0.2) is 10.5 Å². The summed E-state index contributed by atoms with van der Waals surface area (Å²) in [6, 6.07) is 1.61. The molecule has 88 valence electrons. The average Bonchev–Trinajstić information content (AvgIpc) is 2.72. The first-order valence-electron chi connectivity index (χ1n) is 5.24. The van der Waals surface area contributed by atoms with Gasteiger partial charge in [0, 0.05) is 12.5 Å². The summed E-state index contributed by atoms with van der Waals surface area (Å²) in [5.74, 6) is 0.560. The number of carboxylic acids is 1. The zero-order valence-corrected chi connectivity index (χ0v) is 9.83. The van der Waals surface area contributed by atoms with Crippen molar-refractivity contribution in [2.24, 2.45) is 0 Å². The molecule has 2 rings (SSSR count). The lowest BCUT2D eigenvalue weighted by molar-refractivity contribution is -0.136. The van der Waals surface area contributed by atoms with Gasteiger partial charge in [0.25, 0.3) is 0 Å². The fourth-order valence-corrected chi connectivity index (χ4v) is 2.41. The lowest BCUT2D eigenvalue weighted by atomic mass is 10.1. The van der Waals surface area contributed by atoms with Crippen LogP contribution < -0.4 is 0 Å². The van der Waals surface area contributed by atoms with Crippen molar-refractivity contribution in [3.63, 3.8) is 0 Å². The molecule has 0 aliphatic carbocycles. The molecule has 1 saturated heterocycles.